The predicted octanol–water partition coefficient (Wildman–Crippen LogP) is 3.77. The van der Waals surface area contributed by atoms with E-state index in [1.165, 1.54) is 6.33 Å². The standard InChI is InChI=1S/C12H11Br2N3O2/c1-2-18-11-10(15)12(17-6-16-11)19-9-4-3-7(13)5-8(9)14/h3-6H,2,15H2,1H3. The van der Waals surface area contributed by atoms with Crippen LogP contribution in [0.5, 0.6) is 17.5 Å². The molecule has 1 aromatic carbocycles. The van der Waals surface area contributed by atoms with Crippen LogP contribution in [-0.2, 0) is 0 Å². The van der Waals surface area contributed by atoms with E-state index in [4.69, 9.17) is 15.2 Å². The van der Waals surface area contributed by atoms with Crippen molar-refractivity contribution in [2.45, 2.75) is 6.92 Å². The van der Waals surface area contributed by atoms with Gasteiger partial charge in [-0.25, -0.2) is 0 Å². The molecule has 0 spiro atoms. The van der Waals surface area contributed by atoms with Gasteiger partial charge in [-0.1, -0.05) is 15.9 Å². The quantitative estimate of drug-likeness (QED) is 0.862. The van der Waals surface area contributed by atoms with Gasteiger partial charge >= 0.3 is 0 Å². The van der Waals surface area contributed by atoms with E-state index in [0.29, 0.717) is 18.2 Å². The molecule has 0 bridgehead atoms. The molecule has 100 valence electrons. The van der Waals surface area contributed by atoms with Crippen molar-refractivity contribution in [2.24, 2.45) is 0 Å². The van der Waals surface area contributed by atoms with Crippen molar-refractivity contribution in [1.29, 1.82) is 0 Å². The first-order valence-corrected chi connectivity index (χ1v) is 7.06. The Morgan fingerprint density at radius 3 is 2.63 bits per heavy atom. The van der Waals surface area contributed by atoms with E-state index in [-0.39, 0.29) is 11.6 Å². The molecule has 2 rings (SSSR count). The van der Waals surface area contributed by atoms with Crippen molar-refractivity contribution in [3.63, 3.8) is 0 Å². The van der Waals surface area contributed by atoms with Crippen LogP contribution < -0.4 is 15.2 Å². The Bertz CT molecular complexity index is 593. The van der Waals surface area contributed by atoms with Gasteiger partial charge in [0.2, 0.25) is 11.8 Å². The summed E-state index contributed by atoms with van der Waals surface area (Å²) in [5.41, 5.74) is 6.17. The number of benzene rings is 1. The lowest BCUT2D eigenvalue weighted by Crippen LogP contribution is -2.03. The van der Waals surface area contributed by atoms with Crippen LogP contribution >= 0.6 is 31.9 Å². The highest BCUT2D eigenvalue weighted by atomic mass is 79.9. The van der Waals surface area contributed by atoms with Crippen LogP contribution in [-0.4, -0.2) is 16.6 Å². The third kappa shape index (κ3) is 3.36. The first-order chi connectivity index (χ1) is 9.11. The van der Waals surface area contributed by atoms with E-state index < -0.39 is 0 Å². The number of hydrogen-bond acceptors (Lipinski definition) is 5. The maximum absolute atomic E-state index is 5.90. The summed E-state index contributed by atoms with van der Waals surface area (Å²) in [7, 11) is 0. The van der Waals surface area contributed by atoms with E-state index >= 15 is 0 Å². The normalized spacial score (nSPS) is 10.3. The smallest absolute Gasteiger partial charge is 0.249 e. The fraction of sp³-hybridized carbons (Fsp3) is 0.167. The average Bonchev–Trinajstić information content (AvgIpc) is 2.37. The van der Waals surface area contributed by atoms with Crippen LogP contribution in [0.25, 0.3) is 0 Å². The molecule has 0 radical (unpaired) electrons. The van der Waals surface area contributed by atoms with Gasteiger partial charge in [0, 0.05) is 4.47 Å². The lowest BCUT2D eigenvalue weighted by atomic mass is 10.3. The summed E-state index contributed by atoms with van der Waals surface area (Å²) < 4.78 is 12.7. The summed E-state index contributed by atoms with van der Waals surface area (Å²) in [6, 6.07) is 5.53. The minimum absolute atomic E-state index is 0.265. The molecule has 0 saturated carbocycles. The zero-order valence-electron chi connectivity index (χ0n) is 10.1. The third-order valence-corrected chi connectivity index (χ3v) is 3.31. The van der Waals surface area contributed by atoms with E-state index in [0.717, 1.165) is 8.95 Å². The summed E-state index contributed by atoms with van der Waals surface area (Å²) in [4.78, 5) is 7.96. The number of nitrogen functional groups attached to an aromatic ring is 1. The molecular weight excluding hydrogens is 378 g/mol. The summed E-state index contributed by atoms with van der Waals surface area (Å²) in [6.45, 7) is 2.33. The zero-order chi connectivity index (χ0) is 13.8. The van der Waals surface area contributed by atoms with Crippen LogP contribution in [0.15, 0.2) is 33.5 Å². The molecule has 7 heteroatoms. The molecule has 0 unspecified atom stereocenters. The SMILES string of the molecule is CCOc1ncnc(Oc2ccc(Br)cc2Br)c1N. The molecule has 1 heterocycles. The Hall–Kier alpha value is -1.34. The summed E-state index contributed by atoms with van der Waals surface area (Å²) in [5.74, 6) is 1.19. The molecule has 0 aliphatic carbocycles. The predicted molar refractivity (Wildman–Crippen MR) is 79.5 cm³/mol. The van der Waals surface area contributed by atoms with Gasteiger partial charge in [-0.2, -0.15) is 9.97 Å². The Morgan fingerprint density at radius 1 is 1.21 bits per heavy atom. The van der Waals surface area contributed by atoms with Crippen molar-refractivity contribution in [3.05, 3.63) is 33.5 Å². The number of halogens is 2. The molecule has 0 amide bonds. The zero-order valence-corrected chi connectivity index (χ0v) is 13.2. The Kier molecular flexibility index (Phi) is 4.60. The van der Waals surface area contributed by atoms with E-state index in [1.807, 2.05) is 19.1 Å². The highest BCUT2D eigenvalue weighted by Gasteiger charge is 2.12. The van der Waals surface area contributed by atoms with Crippen molar-refractivity contribution >= 4 is 37.5 Å². The average molecular weight is 389 g/mol. The van der Waals surface area contributed by atoms with Crippen molar-refractivity contribution < 1.29 is 9.47 Å². The fourth-order valence-corrected chi connectivity index (χ4v) is 2.49. The van der Waals surface area contributed by atoms with Crippen molar-refractivity contribution in [2.75, 3.05) is 12.3 Å². The molecule has 0 fully saturated rings. The first-order valence-electron chi connectivity index (χ1n) is 5.48. The second-order valence-corrected chi connectivity index (χ2v) is 5.28. The maximum atomic E-state index is 5.90. The van der Waals surface area contributed by atoms with Crippen LogP contribution in [0.1, 0.15) is 6.92 Å². The summed E-state index contributed by atoms with van der Waals surface area (Å²) in [5, 5.41) is 0. The van der Waals surface area contributed by atoms with Crippen LogP contribution in [0.3, 0.4) is 0 Å². The van der Waals surface area contributed by atoms with E-state index in [9.17, 15) is 0 Å². The van der Waals surface area contributed by atoms with Gasteiger partial charge in [0.1, 0.15) is 12.1 Å². The largest absolute Gasteiger partial charge is 0.476 e. The van der Waals surface area contributed by atoms with Gasteiger partial charge in [-0.05, 0) is 41.1 Å². The highest BCUT2D eigenvalue weighted by molar-refractivity contribution is 9.11. The second-order valence-electron chi connectivity index (χ2n) is 3.51. The number of nitrogens with zero attached hydrogens (tertiary/aromatic N) is 2. The molecule has 2 aromatic rings. The molecule has 0 saturated heterocycles. The van der Waals surface area contributed by atoms with Crippen LogP contribution in [0.2, 0.25) is 0 Å². The van der Waals surface area contributed by atoms with Crippen molar-refractivity contribution in [1.82, 2.24) is 9.97 Å². The fourth-order valence-electron chi connectivity index (χ4n) is 1.36. The number of hydrogen-bond donors (Lipinski definition) is 1. The number of ether oxygens (including phenoxy) is 2. The topological polar surface area (TPSA) is 70.3 Å². The van der Waals surface area contributed by atoms with Gasteiger partial charge in [0.25, 0.3) is 0 Å². The van der Waals surface area contributed by atoms with Gasteiger partial charge in [0.15, 0.2) is 5.69 Å². The van der Waals surface area contributed by atoms with Crippen molar-refractivity contribution in [3.8, 4) is 17.5 Å². The number of nitrogens with two attached hydrogens (primary N) is 1. The molecule has 2 N–H and O–H groups in total. The Balaban J connectivity index is 2.30. The summed E-state index contributed by atoms with van der Waals surface area (Å²) in [6.07, 6.45) is 1.35. The number of rotatable bonds is 4. The molecule has 0 aliphatic rings. The molecule has 5 nitrogen and oxygen atoms in total. The molecule has 0 aliphatic heterocycles. The number of anilines is 1. The molecule has 0 atom stereocenters. The van der Waals surface area contributed by atoms with Gasteiger partial charge < -0.3 is 15.2 Å². The first kappa shape index (κ1) is 14.1. The van der Waals surface area contributed by atoms with Gasteiger partial charge in [-0.15, -0.1) is 0 Å². The minimum Gasteiger partial charge on any atom is -0.476 e. The molecule has 19 heavy (non-hydrogen) atoms. The lowest BCUT2D eigenvalue weighted by Gasteiger charge is -2.11. The number of aromatic nitrogens is 2. The van der Waals surface area contributed by atoms with E-state index in [2.05, 4.69) is 41.8 Å². The maximum Gasteiger partial charge on any atom is 0.249 e. The van der Waals surface area contributed by atoms with E-state index in [1.54, 1.807) is 6.07 Å². The van der Waals surface area contributed by atoms with Gasteiger partial charge in [-0.3, -0.25) is 0 Å². The summed E-state index contributed by atoms with van der Waals surface area (Å²) >= 11 is 6.78. The monoisotopic (exact) mass is 387 g/mol. The Labute approximate surface area is 127 Å². The molecular formula is C12H11Br2N3O2. The highest BCUT2D eigenvalue weighted by Crippen LogP contribution is 2.35. The van der Waals surface area contributed by atoms with Crippen LogP contribution in [0.4, 0.5) is 5.69 Å². The van der Waals surface area contributed by atoms with Gasteiger partial charge in [0.05, 0.1) is 11.1 Å². The third-order valence-electron chi connectivity index (χ3n) is 2.19. The molecule has 1 aromatic heterocycles. The Morgan fingerprint density at radius 2 is 1.95 bits per heavy atom. The minimum atomic E-state index is 0.265. The second kappa shape index (κ2) is 6.21. The lowest BCUT2D eigenvalue weighted by molar-refractivity contribution is 0.325. The van der Waals surface area contributed by atoms with Crippen LogP contribution in [0, 0.1) is 0 Å².